The number of carbonyl (C=O) groups excluding carboxylic acids is 1. The van der Waals surface area contributed by atoms with Crippen LogP contribution in [0, 0.1) is 5.92 Å². The number of carbonyl (C=O) groups is 1. The fraction of sp³-hybridized carbons (Fsp3) is 0.500. The molecule has 1 fully saturated rings. The third kappa shape index (κ3) is 3.01. The second-order valence-corrected chi connectivity index (χ2v) is 5.12. The third-order valence-corrected chi connectivity index (χ3v) is 3.59. The molecule has 1 aromatic carbocycles. The molecule has 0 spiro atoms. The van der Waals surface area contributed by atoms with Gasteiger partial charge >= 0.3 is 0 Å². The molecular formula is C14H20N2O2. The normalized spacial score (nSPS) is 24.0. The predicted octanol–water partition coefficient (Wildman–Crippen LogP) is 1.13. The predicted molar refractivity (Wildman–Crippen MR) is 70.1 cm³/mol. The summed E-state index contributed by atoms with van der Waals surface area (Å²) in [6, 6.07) is 7.06. The van der Waals surface area contributed by atoms with Gasteiger partial charge in [0.05, 0.1) is 6.42 Å². The summed E-state index contributed by atoms with van der Waals surface area (Å²) < 4.78 is 0. The van der Waals surface area contributed by atoms with E-state index in [2.05, 4.69) is 6.92 Å². The van der Waals surface area contributed by atoms with Crippen molar-refractivity contribution in [2.75, 3.05) is 13.1 Å². The summed E-state index contributed by atoms with van der Waals surface area (Å²) in [5.74, 6) is 0.667. The maximum Gasteiger partial charge on any atom is 0.227 e. The van der Waals surface area contributed by atoms with Crippen LogP contribution in [-0.4, -0.2) is 35.0 Å². The SMILES string of the molecule is CC1CN(C(=O)Cc2cccc(O)c2)CCC1N. The number of benzene rings is 1. The lowest BCUT2D eigenvalue weighted by Gasteiger charge is -2.35. The van der Waals surface area contributed by atoms with Crippen LogP contribution in [0.15, 0.2) is 24.3 Å². The lowest BCUT2D eigenvalue weighted by molar-refractivity contribution is -0.132. The van der Waals surface area contributed by atoms with E-state index in [1.807, 2.05) is 11.0 Å². The van der Waals surface area contributed by atoms with E-state index in [4.69, 9.17) is 5.73 Å². The molecule has 0 aromatic heterocycles. The molecule has 3 N–H and O–H groups in total. The molecule has 98 valence electrons. The first kappa shape index (κ1) is 12.9. The standard InChI is InChI=1S/C14H20N2O2/c1-10-9-16(6-5-13(10)15)14(18)8-11-3-2-4-12(17)7-11/h2-4,7,10,13,17H,5-6,8-9,15H2,1H3. The van der Waals surface area contributed by atoms with Crippen LogP contribution < -0.4 is 5.73 Å². The second-order valence-electron chi connectivity index (χ2n) is 5.12. The van der Waals surface area contributed by atoms with E-state index >= 15 is 0 Å². The number of amides is 1. The van der Waals surface area contributed by atoms with Crippen molar-refractivity contribution in [3.05, 3.63) is 29.8 Å². The van der Waals surface area contributed by atoms with Crippen LogP contribution >= 0.6 is 0 Å². The highest BCUT2D eigenvalue weighted by Crippen LogP contribution is 2.17. The molecule has 1 saturated heterocycles. The zero-order valence-corrected chi connectivity index (χ0v) is 10.7. The Bertz CT molecular complexity index is 434. The number of nitrogens with zero attached hydrogens (tertiary/aromatic N) is 1. The van der Waals surface area contributed by atoms with E-state index in [0.717, 1.165) is 25.1 Å². The van der Waals surface area contributed by atoms with Crippen LogP contribution in [0.1, 0.15) is 18.9 Å². The van der Waals surface area contributed by atoms with Crippen molar-refractivity contribution in [3.63, 3.8) is 0 Å². The number of piperidine rings is 1. The Morgan fingerprint density at radius 1 is 1.56 bits per heavy atom. The molecule has 0 aliphatic carbocycles. The maximum absolute atomic E-state index is 12.1. The molecular weight excluding hydrogens is 228 g/mol. The van der Waals surface area contributed by atoms with Crippen LogP contribution in [0.25, 0.3) is 0 Å². The Hall–Kier alpha value is -1.55. The van der Waals surface area contributed by atoms with Gasteiger partial charge in [-0.15, -0.1) is 0 Å². The minimum atomic E-state index is 0.111. The summed E-state index contributed by atoms with van der Waals surface area (Å²) in [5.41, 5.74) is 6.79. The summed E-state index contributed by atoms with van der Waals surface area (Å²) >= 11 is 0. The Labute approximate surface area is 107 Å². The highest BCUT2D eigenvalue weighted by molar-refractivity contribution is 5.79. The number of aromatic hydroxyl groups is 1. The molecule has 0 radical (unpaired) electrons. The van der Waals surface area contributed by atoms with Gasteiger partial charge in [0, 0.05) is 19.1 Å². The van der Waals surface area contributed by atoms with Crippen LogP contribution in [0.3, 0.4) is 0 Å². The molecule has 4 nitrogen and oxygen atoms in total. The highest BCUT2D eigenvalue weighted by atomic mass is 16.3. The number of rotatable bonds is 2. The van der Waals surface area contributed by atoms with Crippen LogP contribution in [0.4, 0.5) is 0 Å². The number of phenols is 1. The van der Waals surface area contributed by atoms with Crippen molar-refractivity contribution in [3.8, 4) is 5.75 Å². The smallest absolute Gasteiger partial charge is 0.227 e. The average molecular weight is 248 g/mol. The second kappa shape index (κ2) is 5.40. The van der Waals surface area contributed by atoms with E-state index in [-0.39, 0.29) is 17.7 Å². The van der Waals surface area contributed by atoms with Crippen molar-refractivity contribution in [2.24, 2.45) is 11.7 Å². The zero-order valence-electron chi connectivity index (χ0n) is 10.7. The van der Waals surface area contributed by atoms with Gasteiger partial charge in [-0.2, -0.15) is 0 Å². The van der Waals surface area contributed by atoms with Gasteiger partial charge in [0.2, 0.25) is 5.91 Å². The van der Waals surface area contributed by atoms with E-state index in [1.165, 1.54) is 0 Å². The van der Waals surface area contributed by atoms with Crippen LogP contribution in [-0.2, 0) is 11.2 Å². The van der Waals surface area contributed by atoms with Crippen molar-refractivity contribution in [1.29, 1.82) is 0 Å². The first-order valence-corrected chi connectivity index (χ1v) is 6.37. The molecule has 1 aliphatic rings. The van der Waals surface area contributed by atoms with Crippen molar-refractivity contribution >= 4 is 5.91 Å². The minimum Gasteiger partial charge on any atom is -0.508 e. The van der Waals surface area contributed by atoms with E-state index < -0.39 is 0 Å². The molecule has 2 atom stereocenters. The van der Waals surface area contributed by atoms with Gasteiger partial charge in [-0.3, -0.25) is 4.79 Å². The lowest BCUT2D eigenvalue weighted by Crippen LogP contribution is -2.48. The number of likely N-dealkylation sites (tertiary alicyclic amines) is 1. The molecule has 2 unspecified atom stereocenters. The van der Waals surface area contributed by atoms with Crippen molar-refractivity contribution in [2.45, 2.75) is 25.8 Å². The molecule has 0 bridgehead atoms. The number of phenolic OH excluding ortho intramolecular Hbond substituents is 1. The summed E-state index contributed by atoms with van der Waals surface area (Å²) in [6.45, 7) is 3.56. The molecule has 1 heterocycles. The largest absolute Gasteiger partial charge is 0.508 e. The minimum absolute atomic E-state index is 0.111. The summed E-state index contributed by atoms with van der Waals surface area (Å²) in [5, 5.41) is 9.37. The zero-order chi connectivity index (χ0) is 13.1. The van der Waals surface area contributed by atoms with Gasteiger partial charge in [-0.25, -0.2) is 0 Å². The van der Waals surface area contributed by atoms with Gasteiger partial charge in [0.15, 0.2) is 0 Å². The van der Waals surface area contributed by atoms with E-state index in [9.17, 15) is 9.90 Å². The summed E-state index contributed by atoms with van der Waals surface area (Å²) in [7, 11) is 0. The Morgan fingerprint density at radius 3 is 3.00 bits per heavy atom. The van der Waals surface area contributed by atoms with Gasteiger partial charge in [-0.1, -0.05) is 19.1 Å². The van der Waals surface area contributed by atoms with Crippen LogP contribution in [0.5, 0.6) is 5.75 Å². The van der Waals surface area contributed by atoms with E-state index in [0.29, 0.717) is 12.3 Å². The average Bonchev–Trinajstić information content (AvgIpc) is 2.32. The fourth-order valence-electron chi connectivity index (χ4n) is 2.34. The number of hydrogen-bond acceptors (Lipinski definition) is 3. The fourth-order valence-corrected chi connectivity index (χ4v) is 2.34. The van der Waals surface area contributed by atoms with Gasteiger partial charge in [0.1, 0.15) is 5.75 Å². The molecule has 1 aromatic rings. The summed E-state index contributed by atoms with van der Waals surface area (Å²) in [6.07, 6.45) is 1.21. The topological polar surface area (TPSA) is 66.6 Å². The monoisotopic (exact) mass is 248 g/mol. The van der Waals surface area contributed by atoms with Gasteiger partial charge in [0.25, 0.3) is 0 Å². The van der Waals surface area contributed by atoms with Gasteiger partial charge in [-0.05, 0) is 30.0 Å². The van der Waals surface area contributed by atoms with Crippen molar-refractivity contribution in [1.82, 2.24) is 4.90 Å². The molecule has 4 heteroatoms. The lowest BCUT2D eigenvalue weighted by atomic mass is 9.94. The number of hydrogen-bond donors (Lipinski definition) is 2. The molecule has 2 rings (SSSR count). The Balaban J connectivity index is 1.96. The third-order valence-electron chi connectivity index (χ3n) is 3.59. The first-order valence-electron chi connectivity index (χ1n) is 6.37. The van der Waals surface area contributed by atoms with Crippen LogP contribution in [0.2, 0.25) is 0 Å². The highest BCUT2D eigenvalue weighted by Gasteiger charge is 2.26. The Kier molecular flexibility index (Phi) is 3.87. The molecule has 1 amide bonds. The molecule has 1 aliphatic heterocycles. The quantitative estimate of drug-likeness (QED) is 0.824. The van der Waals surface area contributed by atoms with Crippen molar-refractivity contribution < 1.29 is 9.90 Å². The number of nitrogens with two attached hydrogens (primary N) is 1. The van der Waals surface area contributed by atoms with E-state index in [1.54, 1.807) is 18.2 Å². The molecule has 0 saturated carbocycles. The first-order chi connectivity index (χ1) is 8.56. The summed E-state index contributed by atoms with van der Waals surface area (Å²) in [4.78, 5) is 14.0. The maximum atomic E-state index is 12.1. The van der Waals surface area contributed by atoms with Gasteiger partial charge < -0.3 is 15.7 Å². The Morgan fingerprint density at radius 2 is 2.33 bits per heavy atom. The molecule has 18 heavy (non-hydrogen) atoms.